The van der Waals surface area contributed by atoms with Gasteiger partial charge in [0.1, 0.15) is 18.0 Å². The van der Waals surface area contributed by atoms with Gasteiger partial charge in [0.25, 0.3) is 0 Å². The quantitative estimate of drug-likeness (QED) is 0.279. The van der Waals surface area contributed by atoms with Gasteiger partial charge in [0.05, 0.1) is 7.11 Å². The number of rotatable bonds is 17. The fourth-order valence-corrected chi connectivity index (χ4v) is 3.20. The minimum atomic E-state index is -0.543. The maximum absolute atomic E-state index is 12.6. The molecular formula is C26H45N3O6. The number of carbonyl (C=O) groups excluding carboxylic acids is 2. The van der Waals surface area contributed by atoms with E-state index in [9.17, 15) is 9.59 Å². The van der Waals surface area contributed by atoms with Gasteiger partial charge in [0, 0.05) is 26.2 Å². The highest BCUT2D eigenvalue weighted by atomic mass is 16.6. The Hall–Kier alpha value is -2.52. The zero-order chi connectivity index (χ0) is 25.9. The first kappa shape index (κ1) is 30.5. The van der Waals surface area contributed by atoms with E-state index < -0.39 is 11.7 Å². The van der Waals surface area contributed by atoms with Crippen LogP contribution in [0, 0.1) is 0 Å². The lowest BCUT2D eigenvalue weighted by atomic mass is 10.2. The van der Waals surface area contributed by atoms with Crippen LogP contribution >= 0.6 is 0 Å². The largest absolute Gasteiger partial charge is 0.497 e. The highest BCUT2D eigenvalue weighted by Gasteiger charge is 2.21. The number of unbranched alkanes of at least 4 members (excludes halogenated alkanes) is 3. The number of alkyl carbamates (subject to hydrolysis) is 1. The molecule has 9 nitrogen and oxygen atoms in total. The van der Waals surface area contributed by atoms with Crippen LogP contribution in [0.5, 0.6) is 5.75 Å². The van der Waals surface area contributed by atoms with Crippen molar-refractivity contribution in [3.8, 4) is 5.75 Å². The molecule has 0 unspecified atom stereocenters. The van der Waals surface area contributed by atoms with Crippen molar-refractivity contribution >= 4 is 12.2 Å². The van der Waals surface area contributed by atoms with Crippen molar-refractivity contribution in [2.45, 2.75) is 71.5 Å². The van der Waals surface area contributed by atoms with E-state index in [0.717, 1.165) is 62.9 Å². The molecule has 1 rings (SSSR count). The molecule has 0 fully saturated rings. The summed E-state index contributed by atoms with van der Waals surface area (Å²) < 4.78 is 15.9. The fraction of sp³-hybridized carbons (Fsp3) is 0.692. The molecule has 0 spiro atoms. The van der Waals surface area contributed by atoms with E-state index in [1.165, 1.54) is 0 Å². The maximum atomic E-state index is 12.6. The summed E-state index contributed by atoms with van der Waals surface area (Å²) in [6.07, 6.45) is 4.32. The second-order valence-corrected chi connectivity index (χ2v) is 9.41. The lowest BCUT2D eigenvalue weighted by Gasteiger charge is -2.27. The van der Waals surface area contributed by atoms with E-state index in [1.54, 1.807) is 12.0 Å². The normalized spacial score (nSPS) is 11.1. The number of aliphatic hydroxyl groups excluding tert-OH is 1. The molecule has 0 radical (unpaired) electrons. The molecule has 0 heterocycles. The highest BCUT2D eigenvalue weighted by Crippen LogP contribution is 2.13. The SMILES string of the molecule is COc1ccc(COC(=O)NCCCCN(CCCCNCCCCO)C(=O)OC(C)(C)C)cc1. The number of nitrogens with zero attached hydrogens (tertiary/aromatic N) is 1. The van der Waals surface area contributed by atoms with Gasteiger partial charge in [-0.1, -0.05) is 12.1 Å². The van der Waals surface area contributed by atoms with E-state index in [2.05, 4.69) is 10.6 Å². The molecule has 0 aliphatic rings. The van der Waals surface area contributed by atoms with E-state index in [0.29, 0.717) is 19.6 Å². The van der Waals surface area contributed by atoms with Crippen molar-refractivity contribution in [1.29, 1.82) is 0 Å². The van der Waals surface area contributed by atoms with Crippen LogP contribution < -0.4 is 15.4 Å². The smallest absolute Gasteiger partial charge is 0.410 e. The molecule has 35 heavy (non-hydrogen) atoms. The third kappa shape index (κ3) is 15.9. The Morgan fingerprint density at radius 2 is 1.51 bits per heavy atom. The topological polar surface area (TPSA) is 109 Å². The first-order valence-corrected chi connectivity index (χ1v) is 12.6. The van der Waals surface area contributed by atoms with Crippen LogP contribution in [0.3, 0.4) is 0 Å². The number of aliphatic hydroxyl groups is 1. The molecule has 200 valence electrons. The zero-order valence-corrected chi connectivity index (χ0v) is 21.9. The van der Waals surface area contributed by atoms with Crippen molar-refractivity contribution in [2.24, 2.45) is 0 Å². The van der Waals surface area contributed by atoms with Crippen molar-refractivity contribution < 1.29 is 28.9 Å². The van der Waals surface area contributed by atoms with Gasteiger partial charge in [0.15, 0.2) is 0 Å². The minimum absolute atomic E-state index is 0.193. The molecule has 0 atom stereocenters. The summed E-state index contributed by atoms with van der Waals surface area (Å²) in [6.45, 7) is 9.46. The molecule has 0 aromatic heterocycles. The van der Waals surface area contributed by atoms with Crippen LogP contribution in [-0.4, -0.2) is 74.2 Å². The minimum Gasteiger partial charge on any atom is -0.497 e. The Bertz CT molecular complexity index is 706. The molecule has 3 N–H and O–H groups in total. The second kappa shape index (κ2) is 17.8. The van der Waals surface area contributed by atoms with Gasteiger partial charge in [-0.15, -0.1) is 0 Å². The number of carbonyl (C=O) groups is 2. The molecule has 0 saturated heterocycles. The number of nitrogens with one attached hydrogen (secondary N) is 2. The predicted molar refractivity (Wildman–Crippen MR) is 137 cm³/mol. The summed E-state index contributed by atoms with van der Waals surface area (Å²) in [5.74, 6) is 0.754. The summed E-state index contributed by atoms with van der Waals surface area (Å²) in [5.41, 5.74) is 0.341. The number of ether oxygens (including phenoxy) is 3. The summed E-state index contributed by atoms with van der Waals surface area (Å²) in [6, 6.07) is 7.35. The Labute approximate surface area is 210 Å². The van der Waals surface area contributed by atoms with Gasteiger partial charge in [-0.3, -0.25) is 0 Å². The first-order valence-electron chi connectivity index (χ1n) is 12.6. The molecular weight excluding hydrogens is 450 g/mol. The number of hydrogen-bond acceptors (Lipinski definition) is 7. The Morgan fingerprint density at radius 3 is 2.09 bits per heavy atom. The van der Waals surface area contributed by atoms with Crippen LogP contribution in [-0.2, 0) is 16.1 Å². The first-order chi connectivity index (χ1) is 16.7. The Balaban J connectivity index is 2.28. The monoisotopic (exact) mass is 495 g/mol. The van der Waals surface area contributed by atoms with Crippen LogP contribution in [0.25, 0.3) is 0 Å². The molecule has 0 saturated carbocycles. The van der Waals surface area contributed by atoms with Crippen LogP contribution in [0.4, 0.5) is 9.59 Å². The van der Waals surface area contributed by atoms with Gasteiger partial charge in [-0.05, 0) is 90.1 Å². The number of benzene rings is 1. The van der Waals surface area contributed by atoms with Gasteiger partial charge in [-0.25, -0.2) is 9.59 Å². The van der Waals surface area contributed by atoms with Crippen LogP contribution in [0.1, 0.15) is 64.9 Å². The summed E-state index contributed by atoms with van der Waals surface area (Å²) in [4.78, 5) is 26.3. The van der Waals surface area contributed by atoms with Crippen LogP contribution in [0.15, 0.2) is 24.3 Å². The number of amides is 2. The maximum Gasteiger partial charge on any atom is 0.410 e. The van der Waals surface area contributed by atoms with Gasteiger partial charge >= 0.3 is 12.2 Å². The van der Waals surface area contributed by atoms with E-state index >= 15 is 0 Å². The number of methoxy groups -OCH3 is 1. The van der Waals surface area contributed by atoms with E-state index in [4.69, 9.17) is 19.3 Å². The lowest BCUT2D eigenvalue weighted by molar-refractivity contribution is 0.0243. The van der Waals surface area contributed by atoms with Crippen molar-refractivity contribution in [3.05, 3.63) is 29.8 Å². The summed E-state index contributed by atoms with van der Waals surface area (Å²) >= 11 is 0. The van der Waals surface area contributed by atoms with E-state index in [-0.39, 0.29) is 19.3 Å². The summed E-state index contributed by atoms with van der Waals surface area (Å²) in [5, 5.41) is 14.9. The predicted octanol–water partition coefficient (Wildman–Crippen LogP) is 4.08. The zero-order valence-electron chi connectivity index (χ0n) is 21.9. The molecule has 1 aromatic rings. The summed E-state index contributed by atoms with van der Waals surface area (Å²) in [7, 11) is 1.60. The third-order valence-corrected chi connectivity index (χ3v) is 5.10. The Kier molecular flexibility index (Phi) is 15.6. The average molecular weight is 496 g/mol. The third-order valence-electron chi connectivity index (χ3n) is 5.10. The van der Waals surface area contributed by atoms with E-state index in [1.807, 2.05) is 45.0 Å². The van der Waals surface area contributed by atoms with Crippen LogP contribution in [0.2, 0.25) is 0 Å². The molecule has 9 heteroatoms. The van der Waals surface area contributed by atoms with Gasteiger partial charge in [0.2, 0.25) is 0 Å². The number of hydrogen-bond donors (Lipinski definition) is 3. The van der Waals surface area contributed by atoms with Crippen molar-refractivity contribution in [3.63, 3.8) is 0 Å². The highest BCUT2D eigenvalue weighted by molar-refractivity contribution is 5.68. The average Bonchev–Trinajstić information content (AvgIpc) is 2.82. The lowest BCUT2D eigenvalue weighted by Crippen LogP contribution is -2.38. The second-order valence-electron chi connectivity index (χ2n) is 9.41. The molecule has 0 aliphatic heterocycles. The molecule has 2 amide bonds. The van der Waals surface area contributed by atoms with Gasteiger partial charge < -0.3 is 34.9 Å². The molecule has 0 aliphatic carbocycles. The fourth-order valence-electron chi connectivity index (χ4n) is 3.20. The Morgan fingerprint density at radius 1 is 0.914 bits per heavy atom. The van der Waals surface area contributed by atoms with Gasteiger partial charge in [-0.2, -0.15) is 0 Å². The molecule has 1 aromatic carbocycles. The van der Waals surface area contributed by atoms with Crippen molar-refractivity contribution in [1.82, 2.24) is 15.5 Å². The molecule has 0 bridgehead atoms. The van der Waals surface area contributed by atoms with Crippen molar-refractivity contribution in [2.75, 3.05) is 46.4 Å². The standard InChI is InChI=1S/C26H45N3O6/c1-26(2,3)35-25(32)29(18-8-5-15-27-16-7-10-20-30)19-9-6-17-28-24(31)34-21-22-11-13-23(33-4)14-12-22/h11-14,27,30H,5-10,15-21H2,1-4H3,(H,28,31).